The van der Waals surface area contributed by atoms with E-state index in [1.807, 2.05) is 24.3 Å². The Balaban J connectivity index is 1.63. The SMILES string of the molecule is CC(CNC(=O)Cn1c(=O)n(C)c2ccccc21)N1CCOCC1. The highest BCUT2D eigenvalue weighted by molar-refractivity contribution is 5.80. The first-order valence-electron chi connectivity index (χ1n) is 8.30. The molecule has 2 heterocycles. The topological polar surface area (TPSA) is 68.5 Å². The Kier molecular flexibility index (Phi) is 5.01. The lowest BCUT2D eigenvalue weighted by Gasteiger charge is -2.32. The Morgan fingerprint density at radius 3 is 2.62 bits per heavy atom. The lowest BCUT2D eigenvalue weighted by atomic mass is 10.2. The molecule has 0 aliphatic carbocycles. The largest absolute Gasteiger partial charge is 0.379 e. The third-order valence-corrected chi connectivity index (χ3v) is 4.62. The first-order chi connectivity index (χ1) is 11.6. The molecule has 3 rings (SSSR count). The molecule has 2 aromatic rings. The van der Waals surface area contributed by atoms with Crippen LogP contribution in [0.15, 0.2) is 29.1 Å². The van der Waals surface area contributed by atoms with Gasteiger partial charge in [-0.1, -0.05) is 12.1 Å². The number of hydrogen-bond acceptors (Lipinski definition) is 4. The molecule has 7 heteroatoms. The molecule has 7 nitrogen and oxygen atoms in total. The number of aromatic nitrogens is 2. The third kappa shape index (κ3) is 3.37. The molecule has 1 aliphatic heterocycles. The van der Waals surface area contributed by atoms with Gasteiger partial charge >= 0.3 is 5.69 Å². The zero-order valence-electron chi connectivity index (χ0n) is 14.2. The maximum atomic E-state index is 12.3. The summed E-state index contributed by atoms with van der Waals surface area (Å²) in [6.07, 6.45) is 0. The molecule has 130 valence electrons. The van der Waals surface area contributed by atoms with Crippen LogP contribution in [0, 0.1) is 0 Å². The second-order valence-corrected chi connectivity index (χ2v) is 6.22. The van der Waals surface area contributed by atoms with Gasteiger partial charge in [-0.3, -0.25) is 18.8 Å². The van der Waals surface area contributed by atoms with Crippen LogP contribution in [0.25, 0.3) is 11.0 Å². The molecular formula is C17H24N4O3. The van der Waals surface area contributed by atoms with Gasteiger partial charge in [0, 0.05) is 32.7 Å². The molecule has 0 bridgehead atoms. The Bertz CT molecular complexity index is 774. The molecule has 1 aliphatic rings. The fraction of sp³-hybridized carbons (Fsp3) is 0.529. The van der Waals surface area contributed by atoms with E-state index in [1.165, 1.54) is 4.57 Å². The summed E-state index contributed by atoms with van der Waals surface area (Å²) in [5, 5.41) is 2.94. The summed E-state index contributed by atoms with van der Waals surface area (Å²) >= 11 is 0. The number of nitrogens with one attached hydrogen (secondary N) is 1. The minimum Gasteiger partial charge on any atom is -0.379 e. The minimum atomic E-state index is -0.174. The highest BCUT2D eigenvalue weighted by Gasteiger charge is 2.18. The highest BCUT2D eigenvalue weighted by atomic mass is 16.5. The van der Waals surface area contributed by atoms with Crippen molar-refractivity contribution in [3.8, 4) is 0 Å². The van der Waals surface area contributed by atoms with Crippen molar-refractivity contribution in [3.05, 3.63) is 34.7 Å². The number of benzene rings is 1. The van der Waals surface area contributed by atoms with Gasteiger partial charge < -0.3 is 10.1 Å². The smallest absolute Gasteiger partial charge is 0.329 e. The number of morpholine rings is 1. The number of aryl methyl sites for hydroxylation is 1. The van der Waals surface area contributed by atoms with E-state index in [9.17, 15) is 9.59 Å². The predicted molar refractivity (Wildman–Crippen MR) is 92.0 cm³/mol. The molecule has 1 atom stereocenters. The number of carbonyl (C=O) groups excluding carboxylic acids is 1. The number of para-hydroxylation sites is 2. The van der Waals surface area contributed by atoms with Crippen LogP contribution in [0.1, 0.15) is 6.92 Å². The fourth-order valence-corrected chi connectivity index (χ4v) is 3.12. The summed E-state index contributed by atoms with van der Waals surface area (Å²) in [4.78, 5) is 26.9. The van der Waals surface area contributed by atoms with Crippen LogP contribution in [-0.2, 0) is 23.1 Å². The lowest BCUT2D eigenvalue weighted by Crippen LogP contribution is -2.47. The fourth-order valence-electron chi connectivity index (χ4n) is 3.12. The number of hydrogen-bond donors (Lipinski definition) is 1. The van der Waals surface area contributed by atoms with Crippen molar-refractivity contribution in [2.45, 2.75) is 19.5 Å². The first-order valence-corrected chi connectivity index (χ1v) is 8.30. The third-order valence-electron chi connectivity index (χ3n) is 4.62. The molecule has 1 amide bonds. The molecule has 1 fully saturated rings. The minimum absolute atomic E-state index is 0.0377. The molecule has 1 aromatic carbocycles. The van der Waals surface area contributed by atoms with Crippen molar-refractivity contribution in [2.24, 2.45) is 7.05 Å². The molecular weight excluding hydrogens is 308 g/mol. The number of fused-ring (bicyclic) bond motifs is 1. The van der Waals surface area contributed by atoms with Crippen molar-refractivity contribution in [2.75, 3.05) is 32.8 Å². The van der Waals surface area contributed by atoms with Crippen LogP contribution in [0.4, 0.5) is 0 Å². The van der Waals surface area contributed by atoms with Crippen LogP contribution in [0.5, 0.6) is 0 Å². The standard InChI is InChI=1S/C17H24N4O3/c1-13(20-7-9-24-10-8-20)11-18-16(22)12-21-15-6-4-3-5-14(15)19(2)17(21)23/h3-6,13H,7-12H2,1-2H3,(H,18,22). The monoisotopic (exact) mass is 332 g/mol. The zero-order chi connectivity index (χ0) is 17.1. The molecule has 0 radical (unpaired) electrons. The molecule has 24 heavy (non-hydrogen) atoms. The maximum Gasteiger partial charge on any atom is 0.329 e. The maximum absolute atomic E-state index is 12.3. The van der Waals surface area contributed by atoms with Crippen LogP contribution in [-0.4, -0.2) is 58.8 Å². The van der Waals surface area contributed by atoms with E-state index in [2.05, 4.69) is 17.1 Å². The van der Waals surface area contributed by atoms with Gasteiger partial charge in [0.25, 0.3) is 0 Å². The summed E-state index contributed by atoms with van der Waals surface area (Å²) in [6, 6.07) is 7.75. The van der Waals surface area contributed by atoms with Crippen LogP contribution in [0.2, 0.25) is 0 Å². The van der Waals surface area contributed by atoms with E-state index < -0.39 is 0 Å². The number of ether oxygens (including phenoxy) is 1. The number of nitrogens with zero attached hydrogens (tertiary/aromatic N) is 3. The summed E-state index contributed by atoms with van der Waals surface area (Å²) in [6.45, 7) is 5.96. The average molecular weight is 332 g/mol. The van der Waals surface area contributed by atoms with Crippen molar-refractivity contribution in [3.63, 3.8) is 0 Å². The Morgan fingerprint density at radius 1 is 1.25 bits per heavy atom. The van der Waals surface area contributed by atoms with Gasteiger partial charge in [-0.05, 0) is 19.1 Å². The second-order valence-electron chi connectivity index (χ2n) is 6.22. The molecule has 1 aromatic heterocycles. The first kappa shape index (κ1) is 16.7. The van der Waals surface area contributed by atoms with E-state index in [1.54, 1.807) is 11.6 Å². The average Bonchev–Trinajstić information content (AvgIpc) is 2.86. The van der Waals surface area contributed by atoms with Crippen LogP contribution >= 0.6 is 0 Å². The predicted octanol–water partition coefficient (Wildman–Crippen LogP) is 0.177. The van der Waals surface area contributed by atoms with Gasteiger partial charge in [0.2, 0.25) is 5.91 Å². The van der Waals surface area contributed by atoms with Gasteiger partial charge in [0.15, 0.2) is 0 Å². The van der Waals surface area contributed by atoms with E-state index in [-0.39, 0.29) is 24.2 Å². The van der Waals surface area contributed by atoms with E-state index >= 15 is 0 Å². The van der Waals surface area contributed by atoms with Gasteiger partial charge in [-0.15, -0.1) is 0 Å². The van der Waals surface area contributed by atoms with Crippen molar-refractivity contribution >= 4 is 16.9 Å². The number of imidazole rings is 1. The van der Waals surface area contributed by atoms with Crippen LogP contribution in [0.3, 0.4) is 0 Å². The molecule has 0 spiro atoms. The van der Waals surface area contributed by atoms with Gasteiger partial charge in [-0.25, -0.2) is 4.79 Å². The van der Waals surface area contributed by atoms with Gasteiger partial charge in [0.1, 0.15) is 6.54 Å². The number of rotatable bonds is 5. The van der Waals surface area contributed by atoms with E-state index in [0.717, 1.165) is 37.3 Å². The van der Waals surface area contributed by atoms with Gasteiger partial charge in [-0.2, -0.15) is 0 Å². The second kappa shape index (κ2) is 7.19. The van der Waals surface area contributed by atoms with E-state index in [0.29, 0.717) is 6.54 Å². The van der Waals surface area contributed by atoms with Crippen molar-refractivity contribution < 1.29 is 9.53 Å². The Hall–Kier alpha value is -2.12. The normalized spacial score (nSPS) is 17.1. The summed E-state index contributed by atoms with van der Waals surface area (Å²) < 4.78 is 8.43. The summed E-state index contributed by atoms with van der Waals surface area (Å²) in [7, 11) is 1.72. The molecule has 0 saturated carbocycles. The summed E-state index contributed by atoms with van der Waals surface area (Å²) in [5.74, 6) is -0.145. The van der Waals surface area contributed by atoms with Crippen molar-refractivity contribution in [1.82, 2.24) is 19.4 Å². The Morgan fingerprint density at radius 2 is 1.92 bits per heavy atom. The Labute approximate surface area is 140 Å². The molecule has 1 saturated heterocycles. The van der Waals surface area contributed by atoms with Crippen molar-refractivity contribution in [1.29, 1.82) is 0 Å². The number of carbonyl (C=O) groups is 1. The van der Waals surface area contributed by atoms with E-state index in [4.69, 9.17) is 4.74 Å². The number of amides is 1. The lowest BCUT2D eigenvalue weighted by molar-refractivity contribution is -0.122. The quantitative estimate of drug-likeness (QED) is 0.848. The zero-order valence-corrected chi connectivity index (χ0v) is 14.2. The highest BCUT2D eigenvalue weighted by Crippen LogP contribution is 2.11. The molecule has 1 unspecified atom stereocenters. The summed E-state index contributed by atoms with van der Waals surface area (Å²) in [5.41, 5.74) is 1.44. The van der Waals surface area contributed by atoms with Crippen LogP contribution < -0.4 is 11.0 Å². The molecule has 1 N–H and O–H groups in total. The van der Waals surface area contributed by atoms with Gasteiger partial charge in [0.05, 0.1) is 24.2 Å².